The quantitative estimate of drug-likeness (QED) is 0.0493. The zero-order chi connectivity index (χ0) is 55.1. The van der Waals surface area contributed by atoms with Gasteiger partial charge in [-0.3, -0.25) is 24.7 Å². The van der Waals surface area contributed by atoms with Crippen molar-refractivity contribution in [3.05, 3.63) is 129 Å². The molecule has 2 aliphatic carbocycles. The molecule has 78 heavy (non-hydrogen) atoms. The first-order chi connectivity index (χ1) is 37.3. The summed E-state index contributed by atoms with van der Waals surface area (Å²) < 4.78 is 62.3. The van der Waals surface area contributed by atoms with E-state index in [4.69, 9.17) is 14.2 Å². The van der Waals surface area contributed by atoms with Crippen molar-refractivity contribution in [1.29, 1.82) is 0 Å². The lowest BCUT2D eigenvalue weighted by molar-refractivity contribution is -0.384. The second-order valence-electron chi connectivity index (χ2n) is 22.5. The van der Waals surface area contributed by atoms with Gasteiger partial charge in [-0.05, 0) is 123 Å². The summed E-state index contributed by atoms with van der Waals surface area (Å²) in [5.41, 5.74) is 3.61. The van der Waals surface area contributed by atoms with Crippen molar-refractivity contribution in [2.45, 2.75) is 120 Å². The van der Waals surface area contributed by atoms with Crippen LogP contribution in [0.3, 0.4) is 0 Å². The maximum atomic E-state index is 15.0. The van der Waals surface area contributed by atoms with E-state index < -0.39 is 42.9 Å². The first-order valence-electron chi connectivity index (χ1n) is 27.0. The summed E-state index contributed by atoms with van der Waals surface area (Å²) in [7, 11) is -1.69. The third-order valence-corrected chi connectivity index (χ3v) is 18.1. The Hall–Kier alpha value is -6.87. The van der Waals surface area contributed by atoms with Gasteiger partial charge in [0.1, 0.15) is 27.9 Å². The summed E-state index contributed by atoms with van der Waals surface area (Å²) in [5, 5.41) is 25.7. The number of anilines is 2. The van der Waals surface area contributed by atoms with Crippen LogP contribution < -0.4 is 29.1 Å². The van der Waals surface area contributed by atoms with Crippen molar-refractivity contribution in [1.82, 2.24) is 29.5 Å². The van der Waals surface area contributed by atoms with Crippen LogP contribution in [0.4, 0.5) is 21.6 Å². The van der Waals surface area contributed by atoms with Crippen LogP contribution in [0.5, 0.6) is 23.1 Å². The summed E-state index contributed by atoms with van der Waals surface area (Å²) >= 11 is 0. The molecule has 0 bridgehead atoms. The van der Waals surface area contributed by atoms with Gasteiger partial charge >= 0.3 is 5.69 Å². The van der Waals surface area contributed by atoms with Gasteiger partial charge in [0.25, 0.3) is 21.8 Å². The van der Waals surface area contributed by atoms with Gasteiger partial charge in [-0.2, -0.15) is 4.98 Å². The minimum atomic E-state index is -4.75. The van der Waals surface area contributed by atoms with Gasteiger partial charge in [-0.15, -0.1) is 0 Å². The Balaban J connectivity index is 0.870. The Labute approximate surface area is 454 Å². The Bertz CT molecular complexity index is 3280. The minimum Gasteiger partial charge on any atom is -0.497 e. The summed E-state index contributed by atoms with van der Waals surface area (Å²) in [5.74, 6) is -0.524. The molecule has 1 amide bonds. The first-order valence-corrected chi connectivity index (χ1v) is 28.5. The molecular formula is C58H70FN9O9S. The standard InChI is InChI=1S/C58H70FN9O9S/c1-36(2)44-9-7-8-10-45(44)50-35-65(34-39-11-14-42(75-5)15-12-39)23-24-67(50)41-29-58(30-41)21-22-66(37(3)28-58)40-13-16-46(51(25-40)77-52-27-47-48(59)33-62-53(47)63-56(52)76-6)55(69)64-78(73,74)43-26-49(68(71)72)54(61-32-43)60-31-38-17-19-57(4,70)20-18-38/h7-16,25-27,32-33,36-38,41,50,70H,17-24,28-31,34-35H2,1-6H3,(H,60,61)(H,62,63)(H,64,69)/t37-,38?,41?,50+,57?,58?/m1/s1. The molecule has 2 atom stereocenters. The van der Waals surface area contributed by atoms with E-state index in [0.717, 1.165) is 81.8 Å². The highest BCUT2D eigenvalue weighted by Crippen LogP contribution is 2.55. The molecule has 4 N–H and O–H groups in total. The monoisotopic (exact) mass is 1090 g/mol. The van der Waals surface area contributed by atoms with E-state index in [2.05, 4.69) is 96.9 Å². The van der Waals surface area contributed by atoms with Gasteiger partial charge in [0.15, 0.2) is 5.75 Å². The number of amides is 1. The number of aliphatic hydroxyl groups is 1. The van der Waals surface area contributed by atoms with Crippen molar-refractivity contribution >= 4 is 44.2 Å². The van der Waals surface area contributed by atoms with Crippen LogP contribution in [-0.2, 0) is 16.6 Å². The number of rotatable bonds is 17. The summed E-state index contributed by atoms with van der Waals surface area (Å²) in [6.07, 6.45) is 8.75. The van der Waals surface area contributed by atoms with Gasteiger partial charge < -0.3 is 34.5 Å². The molecule has 4 aliphatic rings. The molecule has 0 radical (unpaired) electrons. The molecule has 5 heterocycles. The van der Waals surface area contributed by atoms with Crippen LogP contribution in [0.1, 0.15) is 118 Å². The van der Waals surface area contributed by atoms with Gasteiger partial charge in [0, 0.05) is 87.5 Å². The Kier molecular flexibility index (Phi) is 15.4. The Morgan fingerprint density at radius 1 is 0.974 bits per heavy atom. The number of benzene rings is 3. The smallest absolute Gasteiger partial charge is 0.312 e. The fourth-order valence-corrected chi connectivity index (χ4v) is 13.4. The second kappa shape index (κ2) is 22.1. The molecule has 3 aromatic heterocycles. The average molecular weight is 1090 g/mol. The third-order valence-electron chi connectivity index (χ3n) is 16.8. The predicted molar refractivity (Wildman–Crippen MR) is 295 cm³/mol. The number of piperidine rings is 1. The van der Waals surface area contributed by atoms with Gasteiger partial charge in [-0.1, -0.05) is 50.2 Å². The van der Waals surface area contributed by atoms with Gasteiger partial charge in [0.2, 0.25) is 5.82 Å². The number of H-pyrrole nitrogens is 1. The Morgan fingerprint density at radius 3 is 2.44 bits per heavy atom. The van der Waals surface area contributed by atoms with Crippen LogP contribution in [-0.4, -0.2) is 114 Å². The molecule has 4 fully saturated rings. The highest BCUT2D eigenvalue weighted by Gasteiger charge is 2.51. The van der Waals surface area contributed by atoms with Gasteiger partial charge in [-0.25, -0.2) is 22.5 Å². The number of piperazine rings is 1. The number of halogens is 1. The van der Waals surface area contributed by atoms with Crippen LogP contribution in [0.2, 0.25) is 0 Å². The molecule has 18 nitrogen and oxygen atoms in total. The van der Waals surface area contributed by atoms with E-state index in [1.54, 1.807) is 26.2 Å². The lowest BCUT2D eigenvalue weighted by Gasteiger charge is -2.59. The third kappa shape index (κ3) is 11.5. The highest BCUT2D eigenvalue weighted by atomic mass is 32.2. The van der Waals surface area contributed by atoms with E-state index in [1.807, 2.05) is 12.1 Å². The zero-order valence-electron chi connectivity index (χ0n) is 45.1. The lowest BCUT2D eigenvalue weighted by atomic mass is 9.58. The molecule has 20 heteroatoms. The zero-order valence-corrected chi connectivity index (χ0v) is 45.9. The number of aromatic nitrogens is 3. The number of nitro groups is 1. The topological polar surface area (TPSA) is 218 Å². The fraction of sp³-hybridized carbons (Fsp3) is 0.466. The van der Waals surface area contributed by atoms with Crippen molar-refractivity contribution in [3.63, 3.8) is 0 Å². The van der Waals surface area contributed by atoms with Crippen molar-refractivity contribution in [2.75, 3.05) is 57.2 Å². The maximum Gasteiger partial charge on any atom is 0.312 e. The number of carbonyl (C=O) groups is 1. The van der Waals surface area contributed by atoms with E-state index in [0.29, 0.717) is 50.7 Å². The molecule has 2 aliphatic heterocycles. The normalized spacial score (nSPS) is 24.0. The van der Waals surface area contributed by atoms with Crippen LogP contribution in [0.25, 0.3) is 11.0 Å². The molecule has 3 aromatic carbocycles. The average Bonchev–Trinajstić information content (AvgIpc) is 3.84. The van der Waals surface area contributed by atoms with Crippen LogP contribution in [0, 0.1) is 27.3 Å². The molecule has 6 aromatic rings. The molecule has 2 saturated heterocycles. The van der Waals surface area contributed by atoms with E-state index in [9.17, 15) is 32.8 Å². The van der Waals surface area contributed by atoms with Crippen LogP contribution in [0.15, 0.2) is 96.2 Å². The summed E-state index contributed by atoms with van der Waals surface area (Å²) in [6, 6.07) is 25.2. The molecule has 414 valence electrons. The SMILES string of the molecule is COc1ccc(CN2CCN(C3CC4(CCN(c5ccc(C(=O)NS(=O)(=O)c6cnc(NCC7CCC(C)(O)CC7)c([N+](=O)[O-])c6)c(Oc6cc7c(F)c[nH]c7nc6OC)c5)[C@H](C)C4)C3)[C@H](c3ccccc3C(C)C)C2)cc1. The minimum absolute atomic E-state index is 0.0161. The van der Waals surface area contributed by atoms with E-state index >= 15 is 0 Å². The number of pyridine rings is 2. The van der Waals surface area contributed by atoms with Crippen molar-refractivity contribution < 1.29 is 41.8 Å². The van der Waals surface area contributed by atoms with E-state index in [1.165, 1.54) is 35.9 Å². The highest BCUT2D eigenvalue weighted by molar-refractivity contribution is 7.90. The number of aromatic amines is 1. The molecule has 1 spiro atoms. The summed E-state index contributed by atoms with van der Waals surface area (Å²) in [6.45, 7) is 13.3. The summed E-state index contributed by atoms with van der Waals surface area (Å²) in [4.78, 5) is 44.1. The number of sulfonamides is 1. The van der Waals surface area contributed by atoms with Crippen LogP contribution >= 0.6 is 0 Å². The number of fused-ring (bicyclic) bond motifs is 1. The number of methoxy groups -OCH3 is 2. The second-order valence-corrected chi connectivity index (χ2v) is 24.2. The first kappa shape index (κ1) is 54.5. The number of hydrogen-bond donors (Lipinski definition) is 4. The number of ether oxygens (including phenoxy) is 3. The molecule has 2 saturated carbocycles. The predicted octanol–water partition coefficient (Wildman–Crippen LogP) is 10.1. The maximum absolute atomic E-state index is 15.0. The van der Waals surface area contributed by atoms with E-state index in [-0.39, 0.29) is 63.2 Å². The fourth-order valence-electron chi connectivity index (χ4n) is 12.5. The number of hydrogen-bond acceptors (Lipinski definition) is 15. The molecule has 10 rings (SSSR count). The Morgan fingerprint density at radius 2 is 1.73 bits per heavy atom. The number of carbonyl (C=O) groups excluding carboxylic acids is 1. The molecular weight excluding hydrogens is 1020 g/mol. The lowest BCUT2D eigenvalue weighted by Crippen LogP contribution is -2.61. The van der Waals surface area contributed by atoms with Gasteiger partial charge in [0.05, 0.1) is 41.9 Å². The number of nitrogens with zero attached hydrogens (tertiary/aromatic N) is 6. The van der Waals surface area contributed by atoms with Crippen molar-refractivity contribution in [3.8, 4) is 23.1 Å². The largest absolute Gasteiger partial charge is 0.497 e. The number of nitrogens with one attached hydrogen (secondary N) is 3. The molecule has 0 unspecified atom stereocenters. The van der Waals surface area contributed by atoms with Crippen molar-refractivity contribution in [2.24, 2.45) is 11.3 Å².